The molecule has 3 aromatic rings. The van der Waals surface area contributed by atoms with E-state index in [0.717, 1.165) is 51.2 Å². The number of hydrogen-bond donors (Lipinski definition) is 2. The van der Waals surface area contributed by atoms with Crippen molar-refractivity contribution in [1.82, 2.24) is 14.9 Å². The monoisotopic (exact) mass is 488 g/mol. The zero-order chi connectivity index (χ0) is 25.4. The molecule has 0 radical (unpaired) electrons. The van der Waals surface area contributed by atoms with Crippen LogP contribution >= 0.6 is 0 Å². The summed E-state index contributed by atoms with van der Waals surface area (Å²) in [7, 11) is 1.67. The molecule has 1 fully saturated rings. The first kappa shape index (κ1) is 24.2. The smallest absolute Gasteiger partial charge is 0.219 e. The predicted octanol–water partition coefficient (Wildman–Crippen LogP) is 3.97. The first-order valence-electron chi connectivity index (χ1n) is 12.3. The second-order valence-electron chi connectivity index (χ2n) is 9.65. The number of rotatable bonds is 6. The van der Waals surface area contributed by atoms with Gasteiger partial charge in [-0.15, -0.1) is 0 Å². The van der Waals surface area contributed by atoms with Crippen LogP contribution in [0.5, 0.6) is 5.75 Å². The lowest BCUT2D eigenvalue weighted by Gasteiger charge is -2.37. The van der Waals surface area contributed by atoms with Crippen LogP contribution in [0, 0.1) is 6.92 Å². The van der Waals surface area contributed by atoms with E-state index in [2.05, 4.69) is 29.4 Å². The highest BCUT2D eigenvalue weighted by atomic mass is 16.5. The normalized spacial score (nSPS) is 17.8. The number of aromatic nitrogens is 2. The molecule has 1 atom stereocenters. The Hall–Kier alpha value is -3.49. The Bertz CT molecular complexity index is 1350. The van der Waals surface area contributed by atoms with Gasteiger partial charge in [0, 0.05) is 43.1 Å². The largest absolute Gasteiger partial charge is 0.496 e. The van der Waals surface area contributed by atoms with Crippen molar-refractivity contribution in [2.24, 2.45) is 0 Å². The molecule has 2 aliphatic rings. The molecule has 0 spiro atoms. The van der Waals surface area contributed by atoms with E-state index in [-0.39, 0.29) is 11.9 Å². The average Bonchev–Trinajstić information content (AvgIpc) is 2.86. The number of carbonyl (C=O) groups excluding carboxylic acids is 1. The minimum absolute atomic E-state index is 0.0596. The van der Waals surface area contributed by atoms with E-state index in [1.54, 1.807) is 14.0 Å². The van der Waals surface area contributed by atoms with Gasteiger partial charge in [-0.2, -0.15) is 0 Å². The lowest BCUT2D eigenvalue weighted by molar-refractivity contribution is -0.184. The van der Waals surface area contributed by atoms with Crippen molar-refractivity contribution in [3.8, 4) is 5.75 Å². The molecule has 2 N–H and O–H groups in total. The van der Waals surface area contributed by atoms with Crippen LogP contribution in [-0.2, 0) is 15.1 Å². The summed E-state index contributed by atoms with van der Waals surface area (Å²) in [4.78, 5) is 23.0. The molecule has 1 saturated heterocycles. The predicted molar refractivity (Wildman–Crippen MR) is 139 cm³/mol. The quantitative estimate of drug-likeness (QED) is 0.542. The maximum absolute atomic E-state index is 11.8. The number of amides is 1. The Labute approximate surface area is 211 Å². The van der Waals surface area contributed by atoms with Crippen molar-refractivity contribution >= 4 is 28.2 Å². The molecule has 0 bridgehead atoms. The third-order valence-corrected chi connectivity index (χ3v) is 7.09. The highest BCUT2D eigenvalue weighted by Crippen LogP contribution is 2.37. The topological polar surface area (TPSA) is 96.8 Å². The van der Waals surface area contributed by atoms with Crippen LogP contribution in [0.15, 0.2) is 42.5 Å². The highest BCUT2D eigenvalue weighted by molar-refractivity contribution is 5.94. The standard InChI is InChI=1S/C28H32N4O4/c1-17(21-6-5-7-22(12-21)28(34)15-36-16-28)29-27-24-13-23(20-8-10-32(11-9-20)19(3)33)26(35-4)14-25(24)30-18(2)31-27/h5-8,12-14,17,34H,9-11,15-16H2,1-4H3,(H,29,30,31)/t17-/m1/s1. The van der Waals surface area contributed by atoms with Crippen molar-refractivity contribution in [1.29, 1.82) is 0 Å². The number of carbonyl (C=O) groups is 1. The number of benzene rings is 2. The zero-order valence-corrected chi connectivity index (χ0v) is 21.2. The van der Waals surface area contributed by atoms with E-state index in [0.29, 0.717) is 32.1 Å². The van der Waals surface area contributed by atoms with E-state index in [1.165, 1.54) is 0 Å². The van der Waals surface area contributed by atoms with Gasteiger partial charge in [0.2, 0.25) is 5.91 Å². The van der Waals surface area contributed by atoms with E-state index in [1.807, 2.05) is 42.2 Å². The Balaban J connectivity index is 1.50. The first-order valence-corrected chi connectivity index (χ1v) is 12.3. The third-order valence-electron chi connectivity index (χ3n) is 7.09. The van der Waals surface area contributed by atoms with Crippen molar-refractivity contribution in [2.75, 3.05) is 38.7 Å². The van der Waals surface area contributed by atoms with Gasteiger partial charge in [-0.1, -0.05) is 30.3 Å². The number of nitrogens with one attached hydrogen (secondary N) is 1. The van der Waals surface area contributed by atoms with Crippen molar-refractivity contribution in [3.05, 3.63) is 65.0 Å². The van der Waals surface area contributed by atoms with Gasteiger partial charge in [-0.3, -0.25) is 4.79 Å². The van der Waals surface area contributed by atoms with Crippen LogP contribution < -0.4 is 10.1 Å². The molecule has 2 aromatic carbocycles. The van der Waals surface area contributed by atoms with Crippen molar-refractivity contribution in [3.63, 3.8) is 0 Å². The summed E-state index contributed by atoms with van der Waals surface area (Å²) in [6, 6.07) is 12.0. The summed E-state index contributed by atoms with van der Waals surface area (Å²) in [6.07, 6.45) is 2.85. The van der Waals surface area contributed by atoms with Gasteiger partial charge in [0.1, 0.15) is 23.0 Å². The molecule has 0 aliphatic carbocycles. The second-order valence-corrected chi connectivity index (χ2v) is 9.65. The number of anilines is 1. The molecule has 1 aromatic heterocycles. The Morgan fingerprint density at radius 1 is 1.25 bits per heavy atom. The van der Waals surface area contributed by atoms with Gasteiger partial charge in [0.25, 0.3) is 0 Å². The van der Waals surface area contributed by atoms with Gasteiger partial charge in [0.15, 0.2) is 0 Å². The molecule has 0 saturated carbocycles. The molecular formula is C28H32N4O4. The summed E-state index contributed by atoms with van der Waals surface area (Å²) < 4.78 is 11.0. The van der Waals surface area contributed by atoms with E-state index >= 15 is 0 Å². The third kappa shape index (κ3) is 4.54. The molecule has 3 heterocycles. The molecular weight excluding hydrogens is 456 g/mol. The fourth-order valence-corrected chi connectivity index (χ4v) is 4.85. The van der Waals surface area contributed by atoms with Gasteiger partial charge >= 0.3 is 0 Å². The average molecular weight is 489 g/mol. The van der Waals surface area contributed by atoms with Crippen LogP contribution in [0.4, 0.5) is 5.82 Å². The van der Waals surface area contributed by atoms with Gasteiger partial charge in [-0.25, -0.2) is 9.97 Å². The van der Waals surface area contributed by atoms with Crippen molar-refractivity contribution in [2.45, 2.75) is 38.8 Å². The minimum Gasteiger partial charge on any atom is -0.496 e. The molecule has 188 valence electrons. The molecule has 0 unspecified atom stereocenters. The molecule has 5 rings (SSSR count). The lowest BCUT2D eigenvalue weighted by Crippen LogP contribution is -2.46. The van der Waals surface area contributed by atoms with E-state index < -0.39 is 5.60 Å². The number of hydrogen-bond acceptors (Lipinski definition) is 7. The minimum atomic E-state index is -0.912. The SMILES string of the molecule is COc1cc2nc(C)nc(N[C@H](C)c3cccc(C4(O)COC4)c3)c2cc1C1=CCN(C(C)=O)CC1. The van der Waals surface area contributed by atoms with Crippen LogP contribution in [0.1, 0.15) is 48.8 Å². The fourth-order valence-electron chi connectivity index (χ4n) is 4.85. The summed E-state index contributed by atoms with van der Waals surface area (Å²) in [5.41, 5.74) is 3.93. The number of aryl methyl sites for hydroxylation is 1. The Morgan fingerprint density at radius 2 is 2.06 bits per heavy atom. The van der Waals surface area contributed by atoms with Crippen LogP contribution in [-0.4, -0.2) is 59.3 Å². The second kappa shape index (κ2) is 9.52. The molecule has 2 aliphatic heterocycles. The molecule has 36 heavy (non-hydrogen) atoms. The zero-order valence-electron chi connectivity index (χ0n) is 21.2. The fraction of sp³-hybridized carbons (Fsp3) is 0.393. The Morgan fingerprint density at radius 3 is 2.69 bits per heavy atom. The van der Waals surface area contributed by atoms with Crippen LogP contribution in [0.3, 0.4) is 0 Å². The maximum Gasteiger partial charge on any atom is 0.219 e. The number of nitrogens with zero attached hydrogens (tertiary/aromatic N) is 3. The van der Waals surface area contributed by atoms with Gasteiger partial charge in [0.05, 0.1) is 25.8 Å². The summed E-state index contributed by atoms with van der Waals surface area (Å²) in [5.74, 6) is 2.24. The van der Waals surface area contributed by atoms with Crippen LogP contribution in [0.2, 0.25) is 0 Å². The summed E-state index contributed by atoms with van der Waals surface area (Å²) >= 11 is 0. The van der Waals surface area contributed by atoms with Gasteiger partial charge in [-0.05, 0) is 43.0 Å². The van der Waals surface area contributed by atoms with Crippen molar-refractivity contribution < 1.29 is 19.4 Å². The lowest BCUT2D eigenvalue weighted by atomic mass is 9.90. The maximum atomic E-state index is 11.8. The van der Waals surface area contributed by atoms with E-state index in [9.17, 15) is 9.90 Å². The Kier molecular flexibility index (Phi) is 6.40. The number of aliphatic hydroxyl groups is 1. The molecule has 1 amide bonds. The molecule has 8 nitrogen and oxygen atoms in total. The summed E-state index contributed by atoms with van der Waals surface area (Å²) in [6.45, 7) is 7.47. The van der Waals surface area contributed by atoms with Gasteiger partial charge < -0.3 is 24.8 Å². The highest BCUT2D eigenvalue weighted by Gasteiger charge is 2.38. The van der Waals surface area contributed by atoms with Crippen LogP contribution in [0.25, 0.3) is 16.5 Å². The number of ether oxygens (including phenoxy) is 2. The number of fused-ring (bicyclic) bond motifs is 1. The first-order chi connectivity index (χ1) is 17.3. The summed E-state index contributed by atoms with van der Waals surface area (Å²) in [5, 5.41) is 15.2. The van der Waals surface area contributed by atoms with E-state index in [4.69, 9.17) is 14.5 Å². The number of methoxy groups -OCH3 is 1. The molecule has 8 heteroatoms.